The van der Waals surface area contributed by atoms with Gasteiger partial charge >= 0.3 is 5.97 Å². The second kappa shape index (κ2) is 4.98. The van der Waals surface area contributed by atoms with Crippen molar-refractivity contribution in [2.24, 2.45) is 5.73 Å². The quantitative estimate of drug-likeness (QED) is 0.776. The molecule has 0 unspecified atom stereocenters. The number of carbonyl (C=O) groups excluding carboxylic acids is 1. The Balaban J connectivity index is 2.89. The van der Waals surface area contributed by atoms with Gasteiger partial charge in [0.25, 0.3) is 0 Å². The maximum Gasteiger partial charge on any atom is 0.314 e. The Labute approximate surface area is 87.8 Å². The van der Waals surface area contributed by atoms with E-state index in [2.05, 4.69) is 4.74 Å². The van der Waals surface area contributed by atoms with Gasteiger partial charge in [-0.05, 0) is 17.7 Å². The summed E-state index contributed by atoms with van der Waals surface area (Å²) in [4.78, 5) is 11.3. The van der Waals surface area contributed by atoms with Crippen LogP contribution in [0.5, 0.6) is 0 Å². The van der Waals surface area contributed by atoms with E-state index in [1.165, 1.54) is 7.11 Å². The van der Waals surface area contributed by atoms with Crippen molar-refractivity contribution < 1.29 is 9.53 Å². The highest BCUT2D eigenvalue weighted by molar-refractivity contribution is 6.30. The Kier molecular flexibility index (Phi) is 3.92. The Bertz CT molecular complexity index is 310. The van der Waals surface area contributed by atoms with Gasteiger partial charge in [-0.2, -0.15) is 0 Å². The summed E-state index contributed by atoms with van der Waals surface area (Å²) in [6.45, 7) is 0.230. The molecule has 0 aromatic heterocycles. The molecule has 4 heteroatoms. The van der Waals surface area contributed by atoms with Crippen molar-refractivity contribution in [2.75, 3.05) is 13.7 Å². The molecule has 0 fully saturated rings. The topological polar surface area (TPSA) is 52.3 Å². The minimum atomic E-state index is -0.405. The highest BCUT2D eigenvalue weighted by Gasteiger charge is 2.19. The number of nitrogens with two attached hydrogens (primary N) is 1. The van der Waals surface area contributed by atoms with Gasteiger partial charge in [-0.3, -0.25) is 4.79 Å². The van der Waals surface area contributed by atoms with Crippen molar-refractivity contribution >= 4 is 17.6 Å². The molecule has 0 aliphatic heterocycles. The van der Waals surface area contributed by atoms with Crippen LogP contribution in [0.2, 0.25) is 5.02 Å². The Morgan fingerprint density at radius 2 is 2.07 bits per heavy atom. The summed E-state index contributed by atoms with van der Waals surface area (Å²) in [5.41, 5.74) is 6.31. The van der Waals surface area contributed by atoms with Crippen LogP contribution in [0.1, 0.15) is 11.5 Å². The number of hydrogen-bond donors (Lipinski definition) is 1. The average Bonchev–Trinajstić information content (AvgIpc) is 2.21. The third-order valence-electron chi connectivity index (χ3n) is 1.99. The Hall–Kier alpha value is -1.06. The van der Waals surface area contributed by atoms with Crippen LogP contribution in [0.25, 0.3) is 0 Å². The summed E-state index contributed by atoms with van der Waals surface area (Å²) in [7, 11) is 1.35. The molecule has 0 amide bonds. The first-order chi connectivity index (χ1) is 6.69. The largest absolute Gasteiger partial charge is 0.469 e. The van der Waals surface area contributed by atoms with Crippen LogP contribution < -0.4 is 5.73 Å². The van der Waals surface area contributed by atoms with Gasteiger partial charge in [0, 0.05) is 11.6 Å². The van der Waals surface area contributed by atoms with E-state index >= 15 is 0 Å². The SMILES string of the molecule is COC(=O)[C@H](CN)c1ccc(Cl)cc1. The maximum atomic E-state index is 11.3. The zero-order chi connectivity index (χ0) is 10.6. The molecule has 3 nitrogen and oxygen atoms in total. The van der Waals surface area contributed by atoms with Gasteiger partial charge in [0.05, 0.1) is 13.0 Å². The first-order valence-corrected chi connectivity index (χ1v) is 4.60. The van der Waals surface area contributed by atoms with E-state index in [1.54, 1.807) is 24.3 Å². The molecule has 2 N–H and O–H groups in total. The predicted molar refractivity (Wildman–Crippen MR) is 55.3 cm³/mol. The Morgan fingerprint density at radius 1 is 1.50 bits per heavy atom. The van der Waals surface area contributed by atoms with Crippen LogP contribution >= 0.6 is 11.6 Å². The third-order valence-corrected chi connectivity index (χ3v) is 2.25. The summed E-state index contributed by atoms with van der Waals surface area (Å²) in [6.07, 6.45) is 0. The van der Waals surface area contributed by atoms with Gasteiger partial charge in [0.1, 0.15) is 0 Å². The standard InChI is InChI=1S/C10H12ClNO2/c1-14-10(13)9(6-12)7-2-4-8(11)5-3-7/h2-5,9H,6,12H2,1H3/t9-/m1/s1. The zero-order valence-corrected chi connectivity index (χ0v) is 8.62. The van der Waals surface area contributed by atoms with Crippen LogP contribution in [0, 0.1) is 0 Å². The van der Waals surface area contributed by atoms with E-state index in [0.29, 0.717) is 5.02 Å². The Morgan fingerprint density at radius 3 is 2.50 bits per heavy atom. The molecule has 14 heavy (non-hydrogen) atoms. The fourth-order valence-electron chi connectivity index (χ4n) is 1.21. The molecule has 0 spiro atoms. The van der Waals surface area contributed by atoms with Crippen LogP contribution in [0.4, 0.5) is 0 Å². The molecular weight excluding hydrogens is 202 g/mol. The molecule has 0 aliphatic carbocycles. The normalized spacial score (nSPS) is 12.2. The van der Waals surface area contributed by atoms with Gasteiger partial charge < -0.3 is 10.5 Å². The summed E-state index contributed by atoms with van der Waals surface area (Å²) in [5, 5.41) is 0.634. The van der Waals surface area contributed by atoms with E-state index in [1.807, 2.05) is 0 Å². The number of esters is 1. The van der Waals surface area contributed by atoms with E-state index in [-0.39, 0.29) is 12.5 Å². The second-order valence-electron chi connectivity index (χ2n) is 2.86. The minimum Gasteiger partial charge on any atom is -0.469 e. The van der Waals surface area contributed by atoms with Crippen molar-refractivity contribution in [3.8, 4) is 0 Å². The number of benzene rings is 1. The summed E-state index contributed by atoms with van der Waals surface area (Å²) >= 11 is 5.73. The second-order valence-corrected chi connectivity index (χ2v) is 3.30. The summed E-state index contributed by atoms with van der Waals surface area (Å²) in [6, 6.07) is 7.00. The summed E-state index contributed by atoms with van der Waals surface area (Å²) in [5.74, 6) is -0.730. The number of ether oxygens (including phenoxy) is 1. The highest BCUT2D eigenvalue weighted by Crippen LogP contribution is 2.18. The lowest BCUT2D eigenvalue weighted by atomic mass is 10.00. The third kappa shape index (κ3) is 2.47. The molecule has 0 radical (unpaired) electrons. The fourth-order valence-corrected chi connectivity index (χ4v) is 1.33. The molecule has 1 aromatic carbocycles. The molecule has 1 aromatic rings. The van der Waals surface area contributed by atoms with E-state index in [4.69, 9.17) is 17.3 Å². The van der Waals surface area contributed by atoms with Crippen molar-refractivity contribution in [3.05, 3.63) is 34.9 Å². The molecule has 0 heterocycles. The number of hydrogen-bond acceptors (Lipinski definition) is 3. The summed E-state index contributed by atoms with van der Waals surface area (Å²) < 4.78 is 4.64. The molecule has 0 saturated carbocycles. The van der Waals surface area contributed by atoms with Crippen LogP contribution in [-0.4, -0.2) is 19.6 Å². The lowest BCUT2D eigenvalue weighted by Crippen LogP contribution is -2.22. The van der Waals surface area contributed by atoms with Crippen LogP contribution in [-0.2, 0) is 9.53 Å². The van der Waals surface area contributed by atoms with E-state index in [9.17, 15) is 4.79 Å². The molecular formula is C10H12ClNO2. The van der Waals surface area contributed by atoms with Crippen molar-refractivity contribution in [1.29, 1.82) is 0 Å². The van der Waals surface area contributed by atoms with Crippen molar-refractivity contribution in [2.45, 2.75) is 5.92 Å². The van der Waals surface area contributed by atoms with Crippen LogP contribution in [0.3, 0.4) is 0 Å². The first kappa shape index (κ1) is 11.0. The first-order valence-electron chi connectivity index (χ1n) is 4.22. The highest BCUT2D eigenvalue weighted by atomic mass is 35.5. The minimum absolute atomic E-state index is 0.230. The van der Waals surface area contributed by atoms with Crippen molar-refractivity contribution in [1.82, 2.24) is 0 Å². The van der Waals surface area contributed by atoms with Gasteiger partial charge in [-0.15, -0.1) is 0 Å². The predicted octanol–water partition coefficient (Wildman–Crippen LogP) is 1.56. The molecule has 1 rings (SSSR count). The molecule has 0 saturated heterocycles. The van der Waals surface area contributed by atoms with Gasteiger partial charge in [0.15, 0.2) is 0 Å². The van der Waals surface area contributed by atoms with Crippen LogP contribution in [0.15, 0.2) is 24.3 Å². The number of carbonyl (C=O) groups is 1. The van der Waals surface area contributed by atoms with E-state index in [0.717, 1.165) is 5.56 Å². The fraction of sp³-hybridized carbons (Fsp3) is 0.300. The molecule has 0 aliphatic rings. The van der Waals surface area contributed by atoms with Gasteiger partial charge in [-0.1, -0.05) is 23.7 Å². The lowest BCUT2D eigenvalue weighted by Gasteiger charge is -2.12. The monoisotopic (exact) mass is 213 g/mol. The average molecular weight is 214 g/mol. The number of halogens is 1. The van der Waals surface area contributed by atoms with Gasteiger partial charge in [-0.25, -0.2) is 0 Å². The van der Waals surface area contributed by atoms with Gasteiger partial charge in [0.2, 0.25) is 0 Å². The molecule has 1 atom stereocenters. The molecule has 76 valence electrons. The zero-order valence-electron chi connectivity index (χ0n) is 7.87. The van der Waals surface area contributed by atoms with E-state index < -0.39 is 5.92 Å². The number of rotatable bonds is 3. The maximum absolute atomic E-state index is 11.3. The van der Waals surface area contributed by atoms with Crippen molar-refractivity contribution in [3.63, 3.8) is 0 Å². The molecule has 0 bridgehead atoms. The number of methoxy groups -OCH3 is 1. The lowest BCUT2D eigenvalue weighted by molar-refractivity contribution is -0.142. The smallest absolute Gasteiger partial charge is 0.314 e.